The quantitative estimate of drug-likeness (QED) is 0.876. The number of nitrogens with two attached hydrogens (primary N) is 1. The van der Waals surface area contributed by atoms with Gasteiger partial charge in [-0.15, -0.1) is 5.10 Å². The maximum Gasteiger partial charge on any atom is 0.276 e. The standard InChI is InChI=1S/C17H23N5O/c18-10-12-21-13-16(19-20-21)17(23)22-11-4-7-15(22)9-8-14-5-2-1-3-6-14/h1-3,5-6,13,15H,4,7-12,18H2/t15-/m1/s1. The molecule has 1 amide bonds. The first-order valence-corrected chi connectivity index (χ1v) is 8.23. The van der Waals surface area contributed by atoms with Crippen LogP contribution in [0.5, 0.6) is 0 Å². The molecule has 1 fully saturated rings. The first kappa shape index (κ1) is 15.7. The van der Waals surface area contributed by atoms with E-state index in [2.05, 4.69) is 34.6 Å². The maximum absolute atomic E-state index is 12.7. The first-order valence-electron chi connectivity index (χ1n) is 8.23. The van der Waals surface area contributed by atoms with Gasteiger partial charge in [0.1, 0.15) is 0 Å². The van der Waals surface area contributed by atoms with E-state index in [1.807, 2.05) is 11.0 Å². The van der Waals surface area contributed by atoms with Gasteiger partial charge >= 0.3 is 0 Å². The van der Waals surface area contributed by atoms with E-state index >= 15 is 0 Å². The van der Waals surface area contributed by atoms with E-state index in [4.69, 9.17) is 5.73 Å². The molecule has 1 aromatic heterocycles. The molecular weight excluding hydrogens is 290 g/mol. The summed E-state index contributed by atoms with van der Waals surface area (Å²) in [5, 5.41) is 7.95. The number of aromatic nitrogens is 3. The Morgan fingerprint density at radius 2 is 2.13 bits per heavy atom. The minimum absolute atomic E-state index is 0.0103. The summed E-state index contributed by atoms with van der Waals surface area (Å²) in [7, 11) is 0. The van der Waals surface area contributed by atoms with Gasteiger partial charge in [-0.1, -0.05) is 35.5 Å². The highest BCUT2D eigenvalue weighted by atomic mass is 16.2. The molecular formula is C17H23N5O. The Kier molecular flexibility index (Phi) is 5.02. The van der Waals surface area contributed by atoms with Crippen LogP contribution in [0.1, 0.15) is 35.3 Å². The Balaban J connectivity index is 1.62. The van der Waals surface area contributed by atoms with E-state index in [0.29, 0.717) is 24.8 Å². The molecule has 23 heavy (non-hydrogen) atoms. The summed E-state index contributed by atoms with van der Waals surface area (Å²) in [6.45, 7) is 1.88. The molecule has 1 atom stereocenters. The van der Waals surface area contributed by atoms with E-state index in [1.165, 1.54) is 5.56 Å². The third kappa shape index (κ3) is 3.76. The molecule has 1 aliphatic rings. The molecule has 0 unspecified atom stereocenters. The van der Waals surface area contributed by atoms with Crippen molar-refractivity contribution in [2.24, 2.45) is 5.73 Å². The van der Waals surface area contributed by atoms with E-state index < -0.39 is 0 Å². The van der Waals surface area contributed by atoms with Gasteiger partial charge < -0.3 is 10.6 Å². The number of rotatable bonds is 6. The number of hydrogen-bond donors (Lipinski definition) is 1. The second kappa shape index (κ2) is 7.37. The molecule has 3 rings (SSSR count). The van der Waals surface area contributed by atoms with Crippen LogP contribution in [0.3, 0.4) is 0 Å². The SMILES string of the molecule is NCCn1cc(C(=O)N2CCC[C@@H]2CCc2ccccc2)nn1. The Hall–Kier alpha value is -2.21. The lowest BCUT2D eigenvalue weighted by Gasteiger charge is -2.23. The second-order valence-electron chi connectivity index (χ2n) is 5.97. The van der Waals surface area contributed by atoms with Crippen molar-refractivity contribution in [1.29, 1.82) is 0 Å². The van der Waals surface area contributed by atoms with Crippen LogP contribution in [0.15, 0.2) is 36.5 Å². The van der Waals surface area contributed by atoms with Crippen LogP contribution < -0.4 is 5.73 Å². The van der Waals surface area contributed by atoms with E-state index in [0.717, 1.165) is 32.2 Å². The molecule has 0 spiro atoms. The number of nitrogens with zero attached hydrogens (tertiary/aromatic N) is 4. The van der Waals surface area contributed by atoms with Gasteiger partial charge in [0.15, 0.2) is 5.69 Å². The number of carbonyl (C=O) groups excluding carboxylic acids is 1. The van der Waals surface area contributed by atoms with Gasteiger partial charge in [0, 0.05) is 19.1 Å². The summed E-state index contributed by atoms with van der Waals surface area (Å²) in [5.41, 5.74) is 7.24. The van der Waals surface area contributed by atoms with E-state index in [9.17, 15) is 4.79 Å². The average Bonchev–Trinajstić information content (AvgIpc) is 3.23. The Morgan fingerprint density at radius 3 is 2.91 bits per heavy atom. The topological polar surface area (TPSA) is 77.0 Å². The largest absolute Gasteiger partial charge is 0.334 e. The Labute approximate surface area is 136 Å². The van der Waals surface area contributed by atoms with Crippen LogP contribution in [0, 0.1) is 0 Å². The zero-order valence-corrected chi connectivity index (χ0v) is 13.3. The van der Waals surface area contributed by atoms with Crippen LogP contribution in [0.2, 0.25) is 0 Å². The van der Waals surface area contributed by atoms with Crippen molar-refractivity contribution in [3.05, 3.63) is 47.8 Å². The number of amides is 1. The normalized spacial score (nSPS) is 17.6. The lowest BCUT2D eigenvalue weighted by Crippen LogP contribution is -2.36. The summed E-state index contributed by atoms with van der Waals surface area (Å²) in [6, 6.07) is 10.7. The molecule has 0 bridgehead atoms. The maximum atomic E-state index is 12.7. The zero-order chi connectivity index (χ0) is 16.1. The van der Waals surface area contributed by atoms with E-state index in [1.54, 1.807) is 10.9 Å². The van der Waals surface area contributed by atoms with Crippen LogP contribution in [0.25, 0.3) is 0 Å². The van der Waals surface area contributed by atoms with Crippen LogP contribution in [-0.2, 0) is 13.0 Å². The van der Waals surface area contributed by atoms with Crippen molar-refractivity contribution in [3.63, 3.8) is 0 Å². The predicted molar refractivity (Wildman–Crippen MR) is 87.9 cm³/mol. The van der Waals surface area contributed by atoms with Gasteiger partial charge in [-0.25, -0.2) is 0 Å². The molecule has 0 radical (unpaired) electrons. The lowest BCUT2D eigenvalue weighted by atomic mass is 10.0. The molecule has 1 aliphatic heterocycles. The van der Waals surface area contributed by atoms with Crippen LogP contribution in [0.4, 0.5) is 0 Å². The third-order valence-electron chi connectivity index (χ3n) is 4.36. The fourth-order valence-electron chi connectivity index (χ4n) is 3.17. The minimum Gasteiger partial charge on any atom is -0.334 e. The molecule has 0 aliphatic carbocycles. The van der Waals surface area contributed by atoms with Gasteiger partial charge in [-0.05, 0) is 31.2 Å². The summed E-state index contributed by atoms with van der Waals surface area (Å²) < 4.78 is 1.63. The number of hydrogen-bond acceptors (Lipinski definition) is 4. The number of benzene rings is 1. The molecule has 1 aromatic carbocycles. The monoisotopic (exact) mass is 313 g/mol. The highest BCUT2D eigenvalue weighted by Crippen LogP contribution is 2.23. The van der Waals surface area contributed by atoms with Crippen molar-refractivity contribution >= 4 is 5.91 Å². The number of likely N-dealkylation sites (tertiary alicyclic amines) is 1. The van der Waals surface area contributed by atoms with Crippen molar-refractivity contribution in [1.82, 2.24) is 19.9 Å². The third-order valence-corrected chi connectivity index (χ3v) is 4.36. The molecule has 0 saturated carbocycles. The second-order valence-corrected chi connectivity index (χ2v) is 5.97. The van der Waals surface area contributed by atoms with Crippen molar-refractivity contribution in [3.8, 4) is 0 Å². The highest BCUT2D eigenvalue weighted by molar-refractivity contribution is 5.92. The van der Waals surface area contributed by atoms with Gasteiger partial charge in [0.2, 0.25) is 0 Å². The highest BCUT2D eigenvalue weighted by Gasteiger charge is 2.30. The predicted octanol–water partition coefficient (Wildman–Crippen LogP) is 1.47. The fourth-order valence-corrected chi connectivity index (χ4v) is 3.17. The van der Waals surface area contributed by atoms with Gasteiger partial charge in [0.25, 0.3) is 5.91 Å². The number of aryl methyl sites for hydroxylation is 1. The number of carbonyl (C=O) groups is 1. The molecule has 122 valence electrons. The summed E-state index contributed by atoms with van der Waals surface area (Å²) in [4.78, 5) is 14.6. The smallest absolute Gasteiger partial charge is 0.276 e. The molecule has 2 aromatic rings. The molecule has 1 saturated heterocycles. The molecule has 2 N–H and O–H groups in total. The van der Waals surface area contributed by atoms with Crippen molar-refractivity contribution in [2.45, 2.75) is 38.3 Å². The van der Waals surface area contributed by atoms with Crippen LogP contribution in [-0.4, -0.2) is 44.9 Å². The van der Waals surface area contributed by atoms with Crippen molar-refractivity contribution < 1.29 is 4.79 Å². The Bertz CT molecular complexity index is 639. The lowest BCUT2D eigenvalue weighted by molar-refractivity contribution is 0.0724. The molecule has 6 heteroatoms. The summed E-state index contributed by atoms with van der Waals surface area (Å²) in [6.07, 6.45) is 5.81. The zero-order valence-electron chi connectivity index (χ0n) is 13.3. The van der Waals surface area contributed by atoms with Crippen LogP contribution >= 0.6 is 0 Å². The first-order chi connectivity index (χ1) is 11.3. The summed E-state index contributed by atoms with van der Waals surface area (Å²) >= 11 is 0. The van der Waals surface area contributed by atoms with Gasteiger partial charge in [-0.3, -0.25) is 9.48 Å². The van der Waals surface area contributed by atoms with Gasteiger partial charge in [-0.2, -0.15) is 0 Å². The molecule has 6 nitrogen and oxygen atoms in total. The van der Waals surface area contributed by atoms with Gasteiger partial charge in [0.05, 0.1) is 12.7 Å². The average molecular weight is 313 g/mol. The van der Waals surface area contributed by atoms with Crippen molar-refractivity contribution in [2.75, 3.05) is 13.1 Å². The fraction of sp³-hybridized carbons (Fsp3) is 0.471. The Morgan fingerprint density at radius 1 is 1.30 bits per heavy atom. The summed E-state index contributed by atoms with van der Waals surface area (Å²) in [5.74, 6) is -0.0103. The molecule has 2 heterocycles. The minimum atomic E-state index is -0.0103. The van der Waals surface area contributed by atoms with E-state index in [-0.39, 0.29) is 5.91 Å².